The Morgan fingerprint density at radius 3 is 2.48 bits per heavy atom. The first-order chi connectivity index (χ1) is 15.7. The molecule has 0 fully saturated rings. The molecule has 3 heterocycles. The van der Waals surface area contributed by atoms with Crippen molar-refractivity contribution in [2.45, 2.75) is 27.2 Å². The van der Waals surface area contributed by atoms with Crippen molar-refractivity contribution in [3.8, 4) is 0 Å². The predicted molar refractivity (Wildman–Crippen MR) is 120 cm³/mol. The normalized spacial score (nSPS) is 10.9. The van der Waals surface area contributed by atoms with Crippen molar-refractivity contribution in [2.24, 2.45) is 0 Å². The molecule has 0 spiro atoms. The number of carbonyl (C=O) groups is 2. The molecule has 1 aromatic carbocycles. The lowest BCUT2D eigenvalue weighted by atomic mass is 9.99. The van der Waals surface area contributed by atoms with Gasteiger partial charge in [-0.25, -0.2) is 18.3 Å². The molecule has 7 nitrogen and oxygen atoms in total. The van der Waals surface area contributed by atoms with Crippen molar-refractivity contribution in [3.05, 3.63) is 83.3 Å². The number of pyridine rings is 2. The fourth-order valence-corrected chi connectivity index (χ4v) is 3.76. The van der Waals surface area contributed by atoms with Crippen LogP contribution >= 0.6 is 0 Å². The summed E-state index contributed by atoms with van der Waals surface area (Å²) in [6, 6.07) is 9.01. The van der Waals surface area contributed by atoms with Crippen molar-refractivity contribution in [2.75, 3.05) is 10.2 Å². The molecule has 0 aliphatic heterocycles. The number of halogens is 2. The number of hydrogen-bond donors (Lipinski definition) is 1. The largest absolute Gasteiger partial charge is 0.326 e. The maximum atomic E-state index is 14.8. The van der Waals surface area contributed by atoms with Crippen LogP contribution in [0.5, 0.6) is 0 Å². The van der Waals surface area contributed by atoms with Gasteiger partial charge in [-0.3, -0.25) is 14.5 Å². The predicted octanol–water partition coefficient (Wildman–Crippen LogP) is 4.49. The molecule has 0 radical (unpaired) electrons. The number of nitrogens with zero attached hydrogens (tertiary/aromatic N) is 4. The fourth-order valence-electron chi connectivity index (χ4n) is 3.76. The van der Waals surface area contributed by atoms with Gasteiger partial charge in [0.25, 0.3) is 0 Å². The molecule has 0 saturated heterocycles. The average molecular weight is 449 g/mol. The van der Waals surface area contributed by atoms with Crippen LogP contribution in [0.25, 0.3) is 5.52 Å². The monoisotopic (exact) mass is 449 g/mol. The minimum Gasteiger partial charge on any atom is -0.326 e. The number of hydrogen-bond acceptors (Lipinski definition) is 4. The second kappa shape index (κ2) is 8.78. The van der Waals surface area contributed by atoms with Gasteiger partial charge in [-0.2, -0.15) is 5.10 Å². The second-order valence-corrected chi connectivity index (χ2v) is 7.71. The maximum absolute atomic E-state index is 14.8. The van der Waals surface area contributed by atoms with E-state index >= 15 is 0 Å². The number of fused-ring (bicyclic) bond motifs is 1. The molecule has 168 valence electrons. The molecule has 2 amide bonds. The van der Waals surface area contributed by atoms with Gasteiger partial charge >= 0.3 is 0 Å². The first-order valence-corrected chi connectivity index (χ1v) is 10.2. The highest BCUT2D eigenvalue weighted by atomic mass is 19.1. The molecule has 4 rings (SSSR count). The lowest BCUT2D eigenvalue weighted by molar-refractivity contribution is -0.116. The van der Waals surface area contributed by atoms with E-state index in [1.807, 2.05) is 0 Å². The zero-order valence-corrected chi connectivity index (χ0v) is 18.3. The summed E-state index contributed by atoms with van der Waals surface area (Å²) >= 11 is 0. The quantitative estimate of drug-likeness (QED) is 0.487. The van der Waals surface area contributed by atoms with E-state index in [0.29, 0.717) is 22.3 Å². The number of nitrogens with one attached hydrogen (secondary N) is 1. The Balaban J connectivity index is 1.61. The van der Waals surface area contributed by atoms with Crippen LogP contribution < -0.4 is 10.2 Å². The summed E-state index contributed by atoms with van der Waals surface area (Å²) in [4.78, 5) is 30.4. The van der Waals surface area contributed by atoms with E-state index in [1.54, 1.807) is 26.0 Å². The van der Waals surface area contributed by atoms with Crippen LogP contribution in [0.4, 0.5) is 26.0 Å². The van der Waals surface area contributed by atoms with Gasteiger partial charge in [-0.15, -0.1) is 0 Å². The standard InChI is InChI=1S/C24H21F2N5O2/c1-14-8-17(25)9-15(2)20(14)12-24(33)29-18-4-6-27-23(10-18)31(16(3)32)22-11-19-5-7-28-30(19)13-21(22)26/h4-11,13H,12H2,1-3H3,(H,27,29,33). The van der Waals surface area contributed by atoms with Crippen LogP contribution in [-0.2, 0) is 16.0 Å². The van der Waals surface area contributed by atoms with Crippen molar-refractivity contribution >= 4 is 34.5 Å². The SMILES string of the molecule is CC(=O)N(c1cc(NC(=O)Cc2c(C)cc(F)cc2C)ccn1)c1cc2ccnn2cc1F. The third-order valence-electron chi connectivity index (χ3n) is 5.28. The van der Waals surface area contributed by atoms with Crippen LogP contribution in [0, 0.1) is 25.5 Å². The Hall–Kier alpha value is -4.14. The minimum atomic E-state index is -0.653. The van der Waals surface area contributed by atoms with E-state index in [2.05, 4.69) is 15.4 Å². The molecule has 0 bridgehead atoms. The number of benzene rings is 1. The van der Waals surface area contributed by atoms with Gasteiger partial charge in [0.05, 0.1) is 23.8 Å². The van der Waals surface area contributed by atoms with Crippen LogP contribution in [0.15, 0.2) is 55.0 Å². The molecule has 1 N–H and O–H groups in total. The molecule has 9 heteroatoms. The Bertz CT molecular complexity index is 1360. The molecule has 0 unspecified atom stereocenters. The van der Waals surface area contributed by atoms with Gasteiger partial charge in [-0.1, -0.05) is 0 Å². The summed E-state index contributed by atoms with van der Waals surface area (Å²) in [6.45, 7) is 4.80. The molecular formula is C24H21F2N5O2. The molecule has 4 aromatic rings. The summed E-state index contributed by atoms with van der Waals surface area (Å²) in [7, 11) is 0. The second-order valence-electron chi connectivity index (χ2n) is 7.71. The van der Waals surface area contributed by atoms with Gasteiger partial charge < -0.3 is 5.32 Å². The average Bonchev–Trinajstić information content (AvgIpc) is 3.18. The Kier molecular flexibility index (Phi) is 5.87. The van der Waals surface area contributed by atoms with Gasteiger partial charge in [-0.05, 0) is 60.9 Å². The van der Waals surface area contributed by atoms with Gasteiger partial charge in [0, 0.05) is 31.1 Å². The number of carbonyl (C=O) groups excluding carboxylic acids is 2. The third-order valence-corrected chi connectivity index (χ3v) is 5.28. The summed E-state index contributed by atoms with van der Waals surface area (Å²) in [5, 5.41) is 6.75. The van der Waals surface area contributed by atoms with Crippen LogP contribution in [0.3, 0.4) is 0 Å². The Labute approximate surface area is 188 Å². The van der Waals surface area contributed by atoms with Crippen LogP contribution in [0.1, 0.15) is 23.6 Å². The molecular weight excluding hydrogens is 428 g/mol. The van der Waals surface area contributed by atoms with Gasteiger partial charge in [0.2, 0.25) is 11.8 Å². The third kappa shape index (κ3) is 4.57. The summed E-state index contributed by atoms with van der Waals surface area (Å²) in [5.41, 5.74) is 3.12. The summed E-state index contributed by atoms with van der Waals surface area (Å²) < 4.78 is 29.7. The van der Waals surface area contributed by atoms with Gasteiger partial charge in [0.1, 0.15) is 11.6 Å². The minimum absolute atomic E-state index is 0.0176. The van der Waals surface area contributed by atoms with E-state index in [4.69, 9.17) is 0 Å². The van der Waals surface area contributed by atoms with E-state index in [1.165, 1.54) is 54.3 Å². The highest BCUT2D eigenvalue weighted by Gasteiger charge is 2.21. The zero-order chi connectivity index (χ0) is 23.7. The van der Waals surface area contributed by atoms with E-state index in [0.717, 1.165) is 10.5 Å². The number of aromatic nitrogens is 3. The van der Waals surface area contributed by atoms with Gasteiger partial charge in [0.15, 0.2) is 5.82 Å². The number of amides is 2. The van der Waals surface area contributed by atoms with E-state index < -0.39 is 11.7 Å². The van der Waals surface area contributed by atoms with Crippen molar-refractivity contribution in [3.63, 3.8) is 0 Å². The molecule has 3 aromatic heterocycles. The number of aryl methyl sites for hydroxylation is 2. The first-order valence-electron chi connectivity index (χ1n) is 10.2. The molecule has 0 aliphatic carbocycles. The molecule has 0 atom stereocenters. The Morgan fingerprint density at radius 2 is 1.79 bits per heavy atom. The van der Waals surface area contributed by atoms with E-state index in [-0.39, 0.29) is 29.7 Å². The topological polar surface area (TPSA) is 79.6 Å². The highest BCUT2D eigenvalue weighted by Crippen LogP contribution is 2.29. The number of anilines is 3. The molecule has 0 saturated carbocycles. The molecule has 33 heavy (non-hydrogen) atoms. The fraction of sp³-hybridized carbons (Fsp3) is 0.167. The van der Waals surface area contributed by atoms with Crippen molar-refractivity contribution in [1.29, 1.82) is 0 Å². The smallest absolute Gasteiger partial charge is 0.229 e. The Morgan fingerprint density at radius 1 is 1.06 bits per heavy atom. The maximum Gasteiger partial charge on any atom is 0.229 e. The molecule has 0 aliphatic rings. The first kappa shape index (κ1) is 22.1. The summed E-state index contributed by atoms with van der Waals surface area (Å²) in [6.07, 6.45) is 4.18. The highest BCUT2D eigenvalue weighted by molar-refractivity contribution is 6.00. The van der Waals surface area contributed by atoms with E-state index in [9.17, 15) is 18.4 Å². The number of rotatable bonds is 5. The van der Waals surface area contributed by atoms with Crippen LogP contribution in [0.2, 0.25) is 0 Å². The zero-order valence-electron chi connectivity index (χ0n) is 18.3. The van der Waals surface area contributed by atoms with Crippen molar-refractivity contribution in [1.82, 2.24) is 14.6 Å². The van der Waals surface area contributed by atoms with Crippen molar-refractivity contribution < 1.29 is 18.4 Å². The lowest BCUT2D eigenvalue weighted by Gasteiger charge is -2.21. The van der Waals surface area contributed by atoms with Crippen LogP contribution in [-0.4, -0.2) is 26.4 Å². The summed E-state index contributed by atoms with van der Waals surface area (Å²) in [5.74, 6) is -1.62. The lowest BCUT2D eigenvalue weighted by Crippen LogP contribution is -2.25.